The number of aromatic nitrogens is 1. The quantitative estimate of drug-likeness (QED) is 0.247. The van der Waals surface area contributed by atoms with Crippen LogP contribution < -0.4 is 24.8 Å². The molecule has 3 N–H and O–H groups in total. The van der Waals surface area contributed by atoms with Crippen LogP contribution in [0.1, 0.15) is 86.5 Å². The van der Waals surface area contributed by atoms with Crippen molar-refractivity contribution in [2.75, 3.05) is 6.54 Å². The maximum atomic E-state index is 14.8. The lowest BCUT2D eigenvalue weighted by molar-refractivity contribution is -0.142. The number of sulfonamides is 1. The van der Waals surface area contributed by atoms with Gasteiger partial charge in [-0.15, -0.1) is 0 Å². The molecule has 4 amide bonds. The Kier molecular flexibility index (Phi) is 11.0. The number of carbonyl (C=O) groups is 4. The van der Waals surface area contributed by atoms with E-state index in [2.05, 4.69) is 33.8 Å². The second-order valence-electron chi connectivity index (χ2n) is 16.8. The van der Waals surface area contributed by atoms with Crippen molar-refractivity contribution in [2.24, 2.45) is 17.8 Å². The van der Waals surface area contributed by atoms with Gasteiger partial charge in [-0.1, -0.05) is 50.8 Å². The molecular formula is C40H53N5O9S. The Labute approximate surface area is 322 Å². The van der Waals surface area contributed by atoms with Gasteiger partial charge < -0.3 is 29.7 Å². The lowest BCUT2D eigenvalue weighted by Gasteiger charge is -2.33. The van der Waals surface area contributed by atoms with Gasteiger partial charge in [-0.25, -0.2) is 18.2 Å². The number of alkyl carbamates (subject to hydrolysis) is 1. The summed E-state index contributed by atoms with van der Waals surface area (Å²) in [6.07, 6.45) is 8.24. The zero-order chi connectivity index (χ0) is 39.9. The molecule has 6 rings (SSSR count). The first kappa shape index (κ1) is 40.0. The number of hydrogen-bond acceptors (Lipinski definition) is 10. The highest BCUT2D eigenvalue weighted by molar-refractivity contribution is 7.91. The van der Waals surface area contributed by atoms with Gasteiger partial charge in [0.15, 0.2) is 5.75 Å². The molecule has 298 valence electrons. The van der Waals surface area contributed by atoms with Crippen LogP contribution in [0, 0.1) is 17.8 Å². The summed E-state index contributed by atoms with van der Waals surface area (Å²) in [6.45, 7) is 14.3. The zero-order valence-electron chi connectivity index (χ0n) is 32.4. The summed E-state index contributed by atoms with van der Waals surface area (Å²) in [4.78, 5) is 62.3. The fourth-order valence-electron chi connectivity index (χ4n) is 7.61. The molecule has 2 aliphatic carbocycles. The van der Waals surface area contributed by atoms with E-state index in [-0.39, 0.29) is 37.1 Å². The van der Waals surface area contributed by atoms with Crippen LogP contribution in [0.25, 0.3) is 10.8 Å². The molecule has 3 heterocycles. The van der Waals surface area contributed by atoms with Gasteiger partial charge >= 0.3 is 6.09 Å². The van der Waals surface area contributed by atoms with Crippen LogP contribution in [0.2, 0.25) is 0 Å². The first-order chi connectivity index (χ1) is 25.9. The van der Waals surface area contributed by atoms with Gasteiger partial charge in [-0.2, -0.15) is 0 Å². The predicted octanol–water partition coefficient (Wildman–Crippen LogP) is 4.88. The van der Waals surface area contributed by atoms with E-state index in [1.54, 1.807) is 27.7 Å². The molecule has 0 spiro atoms. The fraction of sp³-hybridized carbons (Fsp3) is 0.575. The van der Waals surface area contributed by atoms with Crippen molar-refractivity contribution >= 4 is 44.6 Å². The lowest BCUT2D eigenvalue weighted by Crippen LogP contribution is -2.59. The first-order valence-electron chi connectivity index (χ1n) is 19.0. The van der Waals surface area contributed by atoms with E-state index < -0.39 is 73.8 Å². The molecule has 7 atom stereocenters. The smallest absolute Gasteiger partial charge is 0.408 e. The summed E-state index contributed by atoms with van der Waals surface area (Å²) in [7, 11) is -4.00. The first-order valence-corrected chi connectivity index (χ1v) is 20.5. The summed E-state index contributed by atoms with van der Waals surface area (Å²) < 4.78 is 45.2. The van der Waals surface area contributed by atoms with E-state index in [4.69, 9.17) is 14.2 Å². The highest BCUT2D eigenvalue weighted by Crippen LogP contribution is 2.47. The van der Waals surface area contributed by atoms with Gasteiger partial charge in [0.1, 0.15) is 29.3 Å². The number of carbonyl (C=O) groups excluding carboxylic acids is 4. The molecule has 3 fully saturated rings. The van der Waals surface area contributed by atoms with Crippen molar-refractivity contribution in [1.82, 2.24) is 25.2 Å². The monoisotopic (exact) mass is 779 g/mol. The molecule has 2 aliphatic heterocycles. The van der Waals surface area contributed by atoms with Crippen molar-refractivity contribution in [3.05, 3.63) is 55.5 Å². The number of benzene rings is 1. The third kappa shape index (κ3) is 8.61. The maximum absolute atomic E-state index is 14.8. The Hall–Kier alpha value is -4.66. The average molecular weight is 780 g/mol. The standard InChI is InChI=1S/C40H53N5O9S/c1-8-52-31-22-41-34(29-16-12-11-15-28(29)31)53-27-20-30-33(46)43-40(36(48)44-55(50,51)39(7)17-18-39)21-26(40)14-10-9-13-24(2)19-25(3)32(35(47)45(30)23-27)42-37(49)54-38(4,5)6/h8,10-12,14-16,22,24-27,30,32H,1,9,13,17-21,23H2,2-7H3,(H,42,49)(H,43,46)(H,44,48)/b14-10-/t24-,25-,26-,27-,30+,32+,40-/m1/s1. The highest BCUT2D eigenvalue weighted by atomic mass is 32.2. The molecular weight excluding hydrogens is 727 g/mol. The summed E-state index contributed by atoms with van der Waals surface area (Å²) in [5.74, 6) is -1.87. The minimum absolute atomic E-state index is 0.0248. The van der Waals surface area contributed by atoms with Crippen LogP contribution >= 0.6 is 0 Å². The topological polar surface area (TPSA) is 182 Å². The number of pyridine rings is 1. The SMILES string of the molecule is C=COc1cnc(O[C@@H]2C[C@H]3C(=O)N[C@]4(C(=O)NS(=O)(=O)C5(C)CC5)C[C@H]4/C=C\CC[C@@H](C)C[C@@H](C)[C@H](NC(=O)OC(C)(C)C)C(=O)N3C2)c2ccccc12. The third-order valence-electron chi connectivity index (χ3n) is 11.1. The number of fused-ring (bicyclic) bond motifs is 3. The van der Waals surface area contributed by atoms with Gasteiger partial charge in [-0.05, 0) is 84.1 Å². The van der Waals surface area contributed by atoms with E-state index in [9.17, 15) is 27.6 Å². The van der Waals surface area contributed by atoms with E-state index in [1.807, 2.05) is 43.3 Å². The van der Waals surface area contributed by atoms with Crippen molar-refractivity contribution in [3.8, 4) is 11.6 Å². The van der Waals surface area contributed by atoms with Crippen molar-refractivity contribution in [3.63, 3.8) is 0 Å². The predicted molar refractivity (Wildman–Crippen MR) is 205 cm³/mol. The Balaban J connectivity index is 1.35. The van der Waals surface area contributed by atoms with Gasteiger partial charge in [-0.3, -0.25) is 19.1 Å². The third-order valence-corrected chi connectivity index (χ3v) is 13.3. The van der Waals surface area contributed by atoms with Gasteiger partial charge in [0, 0.05) is 23.1 Å². The highest BCUT2D eigenvalue weighted by Gasteiger charge is 2.63. The van der Waals surface area contributed by atoms with Gasteiger partial charge in [0.2, 0.25) is 27.7 Å². The summed E-state index contributed by atoms with van der Waals surface area (Å²) >= 11 is 0. The van der Waals surface area contributed by atoms with E-state index in [0.717, 1.165) is 11.8 Å². The number of amides is 4. The largest absolute Gasteiger partial charge is 0.472 e. The molecule has 4 aliphatic rings. The van der Waals surface area contributed by atoms with Crippen LogP contribution in [0.3, 0.4) is 0 Å². The van der Waals surface area contributed by atoms with Crippen molar-refractivity contribution < 1.29 is 41.8 Å². The van der Waals surface area contributed by atoms with E-state index in [0.29, 0.717) is 36.8 Å². The number of nitrogens with zero attached hydrogens (tertiary/aromatic N) is 2. The second kappa shape index (κ2) is 15.1. The molecule has 15 heteroatoms. The van der Waals surface area contributed by atoms with Gasteiger partial charge in [0.25, 0.3) is 5.91 Å². The summed E-state index contributed by atoms with van der Waals surface area (Å²) in [6, 6.07) is 5.15. The molecule has 55 heavy (non-hydrogen) atoms. The molecule has 1 saturated heterocycles. The summed E-state index contributed by atoms with van der Waals surface area (Å²) in [5, 5.41) is 7.06. The Morgan fingerprint density at radius 3 is 2.49 bits per heavy atom. The fourth-order valence-corrected chi connectivity index (χ4v) is 8.92. The minimum atomic E-state index is -4.00. The second-order valence-corrected chi connectivity index (χ2v) is 19.0. The Bertz CT molecular complexity index is 1990. The van der Waals surface area contributed by atoms with Crippen LogP contribution in [0.5, 0.6) is 11.6 Å². The molecule has 1 aromatic heterocycles. The van der Waals surface area contributed by atoms with Crippen LogP contribution in [-0.4, -0.2) is 82.7 Å². The molecule has 2 aromatic rings. The molecule has 14 nitrogen and oxygen atoms in total. The van der Waals surface area contributed by atoms with Crippen molar-refractivity contribution in [1.29, 1.82) is 0 Å². The Morgan fingerprint density at radius 1 is 1.11 bits per heavy atom. The van der Waals surface area contributed by atoms with Gasteiger partial charge in [0.05, 0.1) is 23.8 Å². The number of rotatable bonds is 8. The maximum Gasteiger partial charge on any atom is 0.408 e. The molecule has 0 unspecified atom stereocenters. The number of hydrogen-bond donors (Lipinski definition) is 3. The summed E-state index contributed by atoms with van der Waals surface area (Å²) in [5.41, 5.74) is -2.36. The normalized spacial score (nSPS) is 30.0. The van der Waals surface area contributed by atoms with Crippen LogP contribution in [0.4, 0.5) is 4.79 Å². The Morgan fingerprint density at radius 2 is 1.82 bits per heavy atom. The number of allylic oxidation sites excluding steroid dienone is 1. The van der Waals surface area contributed by atoms with Crippen molar-refractivity contribution in [2.45, 2.75) is 121 Å². The number of nitrogens with one attached hydrogen (secondary N) is 3. The average Bonchev–Trinajstić information content (AvgIpc) is 3.99. The lowest BCUT2D eigenvalue weighted by atomic mass is 9.88. The van der Waals surface area contributed by atoms with Crippen LogP contribution in [-0.2, 0) is 29.1 Å². The van der Waals surface area contributed by atoms with E-state index >= 15 is 0 Å². The molecule has 0 bridgehead atoms. The molecule has 0 radical (unpaired) electrons. The zero-order valence-corrected chi connectivity index (χ0v) is 33.2. The minimum Gasteiger partial charge on any atom is -0.472 e. The molecule has 2 saturated carbocycles. The number of ether oxygens (including phenoxy) is 3. The molecule has 1 aromatic carbocycles. The van der Waals surface area contributed by atoms with Crippen LogP contribution in [0.15, 0.2) is 55.5 Å². The van der Waals surface area contributed by atoms with E-state index in [1.165, 1.54) is 17.4 Å².